The van der Waals surface area contributed by atoms with Gasteiger partial charge >= 0.3 is 0 Å². The lowest BCUT2D eigenvalue weighted by Gasteiger charge is -2.34. The number of piperidine rings is 1. The van der Waals surface area contributed by atoms with Crippen LogP contribution in [-0.2, 0) is 0 Å². The van der Waals surface area contributed by atoms with Gasteiger partial charge < -0.3 is 36.2 Å². The van der Waals surface area contributed by atoms with E-state index in [2.05, 4.69) is 0 Å². The van der Waals surface area contributed by atoms with Crippen molar-refractivity contribution in [2.45, 2.75) is 43.3 Å². The minimum Gasteiger partial charge on any atom is -0.394 e. The molecule has 1 heterocycles. The maximum atomic E-state index is 9.78. The van der Waals surface area contributed by atoms with E-state index < -0.39 is 31.0 Å². The second kappa shape index (κ2) is 7.34. The zero-order chi connectivity index (χ0) is 13.7. The van der Waals surface area contributed by atoms with Crippen LogP contribution in [0.3, 0.4) is 0 Å². The largest absolute Gasteiger partial charge is 0.394 e. The van der Waals surface area contributed by atoms with E-state index in [-0.39, 0.29) is 12.6 Å². The van der Waals surface area contributed by atoms with Crippen LogP contribution < -0.4 is 5.73 Å². The predicted octanol–water partition coefficient (Wildman–Crippen LogP) is -3.15. The Balaban J connectivity index is 2.37. The van der Waals surface area contributed by atoms with Crippen molar-refractivity contribution in [1.29, 1.82) is 0 Å². The van der Waals surface area contributed by atoms with Crippen LogP contribution in [0.1, 0.15) is 12.8 Å². The molecule has 4 unspecified atom stereocenters. The fraction of sp³-hybridized carbons (Fsp3) is 1.00. The molecule has 0 bridgehead atoms. The summed E-state index contributed by atoms with van der Waals surface area (Å²) in [7, 11) is 0. The molecule has 0 aromatic rings. The summed E-state index contributed by atoms with van der Waals surface area (Å²) in [6.07, 6.45) is -3.99. The minimum atomic E-state index is -1.56. The minimum absolute atomic E-state index is 0.185. The van der Waals surface area contributed by atoms with Crippen LogP contribution in [0.25, 0.3) is 0 Å². The van der Waals surface area contributed by atoms with E-state index in [1.807, 2.05) is 4.90 Å². The van der Waals surface area contributed by atoms with Crippen molar-refractivity contribution in [1.82, 2.24) is 4.90 Å². The Hall–Kier alpha value is -0.280. The SMILES string of the molecule is NC1CCN(CC(O)C(O)C(O)C(O)CO)CC1. The van der Waals surface area contributed by atoms with E-state index in [1.54, 1.807) is 0 Å². The monoisotopic (exact) mass is 264 g/mol. The van der Waals surface area contributed by atoms with Crippen molar-refractivity contribution >= 4 is 0 Å². The predicted molar refractivity (Wildman–Crippen MR) is 64.8 cm³/mol. The van der Waals surface area contributed by atoms with Gasteiger partial charge in [-0.2, -0.15) is 0 Å². The quantitative estimate of drug-likeness (QED) is 0.299. The molecular formula is C11H24N2O5. The molecule has 1 aliphatic heterocycles. The zero-order valence-electron chi connectivity index (χ0n) is 10.4. The van der Waals surface area contributed by atoms with Crippen LogP contribution in [0, 0.1) is 0 Å². The summed E-state index contributed by atoms with van der Waals surface area (Å²) >= 11 is 0. The number of aliphatic hydroxyl groups excluding tert-OH is 5. The molecule has 1 fully saturated rings. The number of likely N-dealkylation sites (tertiary alicyclic amines) is 1. The Kier molecular flexibility index (Phi) is 6.44. The van der Waals surface area contributed by atoms with Gasteiger partial charge in [0.05, 0.1) is 12.7 Å². The summed E-state index contributed by atoms with van der Waals surface area (Å²) in [5, 5.41) is 46.7. The topological polar surface area (TPSA) is 130 Å². The first-order chi connectivity index (χ1) is 8.45. The van der Waals surface area contributed by atoms with Crippen molar-refractivity contribution in [3.8, 4) is 0 Å². The van der Waals surface area contributed by atoms with E-state index >= 15 is 0 Å². The van der Waals surface area contributed by atoms with E-state index in [4.69, 9.17) is 10.8 Å². The molecule has 7 heteroatoms. The molecule has 18 heavy (non-hydrogen) atoms. The highest BCUT2D eigenvalue weighted by Gasteiger charge is 2.31. The van der Waals surface area contributed by atoms with Crippen LogP contribution in [0.15, 0.2) is 0 Å². The first kappa shape index (κ1) is 15.8. The van der Waals surface area contributed by atoms with Gasteiger partial charge in [-0.1, -0.05) is 0 Å². The molecule has 1 saturated heterocycles. The number of hydrogen-bond donors (Lipinski definition) is 6. The van der Waals surface area contributed by atoms with E-state index in [1.165, 1.54) is 0 Å². The smallest absolute Gasteiger partial charge is 0.111 e. The number of β-amino-alcohol motifs (C(OH)–C–C–N with tert-alkyl or cyclic N) is 1. The fourth-order valence-electron chi connectivity index (χ4n) is 2.07. The van der Waals surface area contributed by atoms with Crippen molar-refractivity contribution in [2.24, 2.45) is 5.73 Å². The molecule has 1 aliphatic rings. The molecule has 1 rings (SSSR count). The zero-order valence-corrected chi connectivity index (χ0v) is 10.4. The summed E-state index contributed by atoms with van der Waals surface area (Å²) in [5.41, 5.74) is 5.75. The molecule has 108 valence electrons. The van der Waals surface area contributed by atoms with Crippen molar-refractivity contribution in [3.05, 3.63) is 0 Å². The second-order valence-corrected chi connectivity index (χ2v) is 4.94. The van der Waals surface area contributed by atoms with Crippen molar-refractivity contribution in [3.63, 3.8) is 0 Å². The lowest BCUT2D eigenvalue weighted by Crippen LogP contribution is -2.51. The van der Waals surface area contributed by atoms with E-state index in [9.17, 15) is 20.4 Å². The van der Waals surface area contributed by atoms with Crippen LogP contribution in [0.5, 0.6) is 0 Å². The maximum absolute atomic E-state index is 9.78. The van der Waals surface area contributed by atoms with Gasteiger partial charge in [0, 0.05) is 12.6 Å². The van der Waals surface area contributed by atoms with Crippen LogP contribution in [-0.4, -0.2) is 87.1 Å². The Bertz CT molecular complexity index is 235. The van der Waals surface area contributed by atoms with E-state index in [0.717, 1.165) is 25.9 Å². The number of nitrogens with zero attached hydrogens (tertiary/aromatic N) is 1. The van der Waals surface area contributed by atoms with Gasteiger partial charge in [0.25, 0.3) is 0 Å². The Morgan fingerprint density at radius 3 is 2.00 bits per heavy atom. The molecule has 0 aromatic heterocycles. The average molecular weight is 264 g/mol. The third-order valence-corrected chi connectivity index (χ3v) is 3.40. The number of hydrogen-bond acceptors (Lipinski definition) is 7. The normalized spacial score (nSPS) is 25.7. The van der Waals surface area contributed by atoms with Crippen molar-refractivity contribution in [2.75, 3.05) is 26.2 Å². The molecule has 0 spiro atoms. The number of rotatable bonds is 6. The van der Waals surface area contributed by atoms with E-state index in [0.29, 0.717) is 0 Å². The van der Waals surface area contributed by atoms with Gasteiger partial charge in [0.1, 0.15) is 18.3 Å². The summed E-state index contributed by atoms with van der Waals surface area (Å²) in [6.45, 7) is 1.03. The van der Waals surface area contributed by atoms with Gasteiger partial charge in [-0.05, 0) is 25.9 Å². The molecule has 7 nitrogen and oxygen atoms in total. The Morgan fingerprint density at radius 2 is 1.50 bits per heavy atom. The van der Waals surface area contributed by atoms with Crippen LogP contribution in [0.2, 0.25) is 0 Å². The highest BCUT2D eigenvalue weighted by Crippen LogP contribution is 2.11. The summed E-state index contributed by atoms with van der Waals surface area (Å²) in [4.78, 5) is 1.95. The van der Waals surface area contributed by atoms with Gasteiger partial charge in [-0.15, -0.1) is 0 Å². The molecule has 0 aromatic carbocycles. The molecule has 0 radical (unpaired) electrons. The average Bonchev–Trinajstić information content (AvgIpc) is 2.38. The highest BCUT2D eigenvalue weighted by atomic mass is 16.4. The third kappa shape index (κ3) is 4.43. The Labute approximate surface area is 106 Å². The molecule has 0 saturated carbocycles. The van der Waals surface area contributed by atoms with Crippen molar-refractivity contribution < 1.29 is 25.5 Å². The van der Waals surface area contributed by atoms with Crippen LogP contribution in [0.4, 0.5) is 0 Å². The second-order valence-electron chi connectivity index (χ2n) is 4.94. The standard InChI is InChI=1S/C11H24N2O5/c12-7-1-3-13(4-2-7)5-8(15)10(17)11(18)9(16)6-14/h7-11,14-18H,1-6,12H2. The molecule has 7 N–H and O–H groups in total. The summed E-state index contributed by atoms with van der Waals surface area (Å²) in [5.74, 6) is 0. The van der Waals surface area contributed by atoms with Gasteiger partial charge in [0.15, 0.2) is 0 Å². The summed E-state index contributed by atoms with van der Waals surface area (Å²) in [6, 6.07) is 0.185. The molecule has 0 amide bonds. The van der Waals surface area contributed by atoms with Gasteiger partial charge in [0.2, 0.25) is 0 Å². The van der Waals surface area contributed by atoms with Gasteiger partial charge in [-0.25, -0.2) is 0 Å². The Morgan fingerprint density at radius 1 is 1.00 bits per heavy atom. The number of aliphatic hydroxyl groups is 5. The van der Waals surface area contributed by atoms with Crippen LogP contribution >= 0.6 is 0 Å². The first-order valence-electron chi connectivity index (χ1n) is 6.26. The highest BCUT2D eigenvalue weighted by molar-refractivity contribution is 4.84. The fourth-order valence-corrected chi connectivity index (χ4v) is 2.07. The lowest BCUT2D eigenvalue weighted by atomic mass is 10.0. The third-order valence-electron chi connectivity index (χ3n) is 3.40. The first-order valence-corrected chi connectivity index (χ1v) is 6.26. The van der Waals surface area contributed by atoms with Gasteiger partial charge in [-0.3, -0.25) is 0 Å². The lowest BCUT2D eigenvalue weighted by molar-refractivity contribution is -0.120. The summed E-state index contributed by atoms with van der Waals surface area (Å²) < 4.78 is 0. The molecule has 4 atom stereocenters. The number of nitrogens with two attached hydrogens (primary N) is 1. The molecular weight excluding hydrogens is 240 g/mol. The maximum Gasteiger partial charge on any atom is 0.111 e. The molecule has 0 aliphatic carbocycles.